The summed E-state index contributed by atoms with van der Waals surface area (Å²) in [4.78, 5) is 12.4. The van der Waals surface area contributed by atoms with E-state index >= 15 is 0 Å². The second-order valence-electron chi connectivity index (χ2n) is 4.54. The maximum atomic E-state index is 12.4. The molecule has 1 atom stereocenters. The topological polar surface area (TPSA) is 54.9 Å². The minimum absolute atomic E-state index is 0.0504. The molecule has 1 heterocycles. The van der Waals surface area contributed by atoms with E-state index in [1.807, 2.05) is 49.4 Å². The Kier molecular flexibility index (Phi) is 3.43. The molecule has 0 saturated heterocycles. The summed E-state index contributed by atoms with van der Waals surface area (Å²) in [5.41, 5.74) is 3.06. The van der Waals surface area contributed by atoms with Crippen LogP contribution in [0.4, 0.5) is 0 Å². The lowest BCUT2D eigenvalue weighted by Crippen LogP contribution is -2.26. The fourth-order valence-electron chi connectivity index (χ4n) is 2.09. The molecule has 100 valence electrons. The molecule has 3 rings (SSSR count). The van der Waals surface area contributed by atoms with Crippen molar-refractivity contribution in [3.8, 4) is 0 Å². The summed E-state index contributed by atoms with van der Waals surface area (Å²) >= 11 is 1.12. The van der Waals surface area contributed by atoms with Gasteiger partial charge in [-0.15, -0.1) is 0 Å². The number of fused-ring (bicyclic) bond motifs is 1. The van der Waals surface area contributed by atoms with Crippen LogP contribution in [0.2, 0.25) is 0 Å². The van der Waals surface area contributed by atoms with Crippen LogP contribution < -0.4 is 5.32 Å². The Morgan fingerprint density at radius 3 is 2.70 bits per heavy atom. The highest BCUT2D eigenvalue weighted by molar-refractivity contribution is 7.00. The molecule has 2 aromatic carbocycles. The number of hydrogen-bond acceptors (Lipinski definition) is 4. The third-order valence-corrected chi connectivity index (χ3v) is 3.72. The van der Waals surface area contributed by atoms with Gasteiger partial charge in [0.15, 0.2) is 0 Å². The lowest BCUT2D eigenvalue weighted by atomic mass is 10.1. The van der Waals surface area contributed by atoms with Crippen LogP contribution in [0.25, 0.3) is 11.0 Å². The van der Waals surface area contributed by atoms with Crippen molar-refractivity contribution in [1.29, 1.82) is 0 Å². The standard InChI is InChI=1S/C15H13N3OS/c1-10(11-6-3-2-4-7-11)16-15(19)12-8-5-9-13-14(12)18-20-17-13/h2-10H,1H3,(H,16,19). The third kappa shape index (κ3) is 2.40. The Hall–Kier alpha value is -2.27. The van der Waals surface area contributed by atoms with E-state index in [4.69, 9.17) is 0 Å². The van der Waals surface area contributed by atoms with Crippen LogP contribution in [0.3, 0.4) is 0 Å². The molecule has 4 nitrogen and oxygen atoms in total. The predicted molar refractivity (Wildman–Crippen MR) is 79.7 cm³/mol. The Morgan fingerprint density at radius 1 is 1.10 bits per heavy atom. The van der Waals surface area contributed by atoms with Crippen molar-refractivity contribution in [2.45, 2.75) is 13.0 Å². The Morgan fingerprint density at radius 2 is 1.90 bits per heavy atom. The number of aromatic nitrogens is 2. The van der Waals surface area contributed by atoms with Gasteiger partial charge < -0.3 is 5.32 Å². The number of nitrogens with zero attached hydrogens (tertiary/aromatic N) is 2. The number of benzene rings is 2. The van der Waals surface area contributed by atoms with Gasteiger partial charge in [-0.25, -0.2) is 0 Å². The number of nitrogens with one attached hydrogen (secondary N) is 1. The second kappa shape index (κ2) is 5.38. The van der Waals surface area contributed by atoms with Gasteiger partial charge in [-0.1, -0.05) is 36.4 Å². The SMILES string of the molecule is CC(NC(=O)c1cccc2nsnc12)c1ccccc1. The van der Waals surface area contributed by atoms with E-state index in [9.17, 15) is 4.79 Å². The molecule has 0 aliphatic rings. The largest absolute Gasteiger partial charge is 0.345 e. The third-order valence-electron chi connectivity index (χ3n) is 3.18. The first-order chi connectivity index (χ1) is 9.75. The van der Waals surface area contributed by atoms with Crippen molar-refractivity contribution in [3.63, 3.8) is 0 Å². The van der Waals surface area contributed by atoms with E-state index in [2.05, 4.69) is 14.1 Å². The van der Waals surface area contributed by atoms with Crippen LogP contribution >= 0.6 is 11.7 Å². The molecule has 3 aromatic rings. The molecule has 0 spiro atoms. The van der Waals surface area contributed by atoms with Crippen molar-refractivity contribution in [3.05, 3.63) is 59.7 Å². The van der Waals surface area contributed by atoms with Gasteiger partial charge in [-0.05, 0) is 24.6 Å². The van der Waals surface area contributed by atoms with E-state index in [0.717, 1.165) is 22.8 Å². The monoisotopic (exact) mass is 283 g/mol. The van der Waals surface area contributed by atoms with Gasteiger partial charge in [0, 0.05) is 0 Å². The fraction of sp³-hybridized carbons (Fsp3) is 0.133. The average molecular weight is 283 g/mol. The molecule has 0 bridgehead atoms. The summed E-state index contributed by atoms with van der Waals surface area (Å²) in [6.07, 6.45) is 0. The highest BCUT2D eigenvalue weighted by atomic mass is 32.1. The van der Waals surface area contributed by atoms with Gasteiger partial charge in [0.2, 0.25) is 0 Å². The minimum Gasteiger partial charge on any atom is -0.345 e. The molecule has 0 aliphatic heterocycles. The molecule has 1 N–H and O–H groups in total. The Bertz CT molecular complexity index is 739. The van der Waals surface area contributed by atoms with Gasteiger partial charge >= 0.3 is 0 Å². The van der Waals surface area contributed by atoms with E-state index in [0.29, 0.717) is 11.1 Å². The van der Waals surface area contributed by atoms with Gasteiger partial charge in [0.1, 0.15) is 11.0 Å². The first kappa shape index (κ1) is 12.7. The summed E-state index contributed by atoms with van der Waals surface area (Å²) in [6.45, 7) is 1.96. The van der Waals surface area contributed by atoms with E-state index in [1.54, 1.807) is 6.07 Å². The van der Waals surface area contributed by atoms with Crippen LogP contribution in [0.1, 0.15) is 28.9 Å². The highest BCUT2D eigenvalue weighted by Crippen LogP contribution is 2.18. The zero-order chi connectivity index (χ0) is 13.9. The molecule has 1 amide bonds. The van der Waals surface area contributed by atoms with Gasteiger partial charge in [-0.2, -0.15) is 8.75 Å². The van der Waals surface area contributed by atoms with Crippen LogP contribution in [0.15, 0.2) is 48.5 Å². The van der Waals surface area contributed by atoms with Crippen molar-refractivity contribution < 1.29 is 4.79 Å². The number of amides is 1. The zero-order valence-corrected chi connectivity index (χ0v) is 11.7. The summed E-state index contributed by atoms with van der Waals surface area (Å²) in [5.74, 6) is -0.125. The lowest BCUT2D eigenvalue weighted by molar-refractivity contribution is 0.0941. The quantitative estimate of drug-likeness (QED) is 0.803. The van der Waals surface area contributed by atoms with E-state index < -0.39 is 0 Å². The molecule has 0 fully saturated rings. The lowest BCUT2D eigenvalue weighted by Gasteiger charge is -2.14. The molecule has 20 heavy (non-hydrogen) atoms. The van der Waals surface area contributed by atoms with E-state index in [1.165, 1.54) is 0 Å². The molecule has 0 saturated carbocycles. The van der Waals surface area contributed by atoms with Crippen LogP contribution in [-0.2, 0) is 0 Å². The maximum Gasteiger partial charge on any atom is 0.254 e. The molecule has 0 radical (unpaired) electrons. The second-order valence-corrected chi connectivity index (χ2v) is 5.07. The van der Waals surface area contributed by atoms with Crippen LogP contribution in [-0.4, -0.2) is 14.7 Å². The normalized spacial score (nSPS) is 12.2. The smallest absolute Gasteiger partial charge is 0.254 e. The van der Waals surface area contributed by atoms with Crippen molar-refractivity contribution >= 4 is 28.7 Å². The molecule has 1 unspecified atom stereocenters. The van der Waals surface area contributed by atoms with Gasteiger partial charge in [0.05, 0.1) is 23.3 Å². The van der Waals surface area contributed by atoms with Crippen molar-refractivity contribution in [1.82, 2.24) is 14.1 Å². The zero-order valence-electron chi connectivity index (χ0n) is 10.9. The first-order valence-electron chi connectivity index (χ1n) is 6.33. The predicted octanol–water partition coefficient (Wildman–Crippen LogP) is 3.18. The average Bonchev–Trinajstić information content (AvgIpc) is 2.96. The van der Waals surface area contributed by atoms with Crippen LogP contribution in [0.5, 0.6) is 0 Å². The van der Waals surface area contributed by atoms with Gasteiger partial charge in [0.25, 0.3) is 5.91 Å². The highest BCUT2D eigenvalue weighted by Gasteiger charge is 2.15. The molecular formula is C15H13N3OS. The summed E-state index contributed by atoms with van der Waals surface area (Å²) < 4.78 is 8.34. The Labute approximate surface area is 120 Å². The number of hydrogen-bond donors (Lipinski definition) is 1. The number of carbonyl (C=O) groups excluding carboxylic acids is 1. The Balaban J connectivity index is 1.85. The summed E-state index contributed by atoms with van der Waals surface area (Å²) in [6, 6.07) is 15.3. The van der Waals surface area contributed by atoms with Crippen LogP contribution in [0, 0.1) is 0 Å². The van der Waals surface area contributed by atoms with Gasteiger partial charge in [-0.3, -0.25) is 4.79 Å². The summed E-state index contributed by atoms with van der Waals surface area (Å²) in [5, 5.41) is 2.99. The molecule has 5 heteroatoms. The molecular weight excluding hydrogens is 270 g/mol. The van der Waals surface area contributed by atoms with Crippen molar-refractivity contribution in [2.75, 3.05) is 0 Å². The summed E-state index contributed by atoms with van der Waals surface area (Å²) in [7, 11) is 0. The minimum atomic E-state index is -0.125. The fourth-order valence-corrected chi connectivity index (χ4v) is 2.64. The first-order valence-corrected chi connectivity index (χ1v) is 7.06. The van der Waals surface area contributed by atoms with Crippen molar-refractivity contribution in [2.24, 2.45) is 0 Å². The number of rotatable bonds is 3. The molecule has 0 aliphatic carbocycles. The number of carbonyl (C=O) groups is 1. The van der Waals surface area contributed by atoms with E-state index in [-0.39, 0.29) is 11.9 Å². The molecule has 1 aromatic heterocycles. The maximum absolute atomic E-state index is 12.4.